The van der Waals surface area contributed by atoms with Gasteiger partial charge in [0, 0.05) is 14.1 Å². The SMILES string of the molecule is CN(C)C(=O)Nc1cc(F)ccc1S(N)(=O)=O. The van der Waals surface area contributed by atoms with E-state index in [4.69, 9.17) is 5.14 Å². The van der Waals surface area contributed by atoms with Crippen molar-refractivity contribution in [1.82, 2.24) is 4.90 Å². The summed E-state index contributed by atoms with van der Waals surface area (Å²) in [5.74, 6) is -0.675. The van der Waals surface area contributed by atoms with Gasteiger partial charge in [0.15, 0.2) is 0 Å². The Morgan fingerprint density at radius 1 is 1.41 bits per heavy atom. The number of nitrogens with two attached hydrogens (primary N) is 1. The Kier molecular flexibility index (Phi) is 3.69. The van der Waals surface area contributed by atoms with Crippen molar-refractivity contribution in [3.8, 4) is 0 Å². The van der Waals surface area contributed by atoms with Crippen LogP contribution in [0.2, 0.25) is 0 Å². The molecule has 6 nitrogen and oxygen atoms in total. The van der Waals surface area contributed by atoms with Gasteiger partial charge in [0.05, 0.1) is 5.69 Å². The summed E-state index contributed by atoms with van der Waals surface area (Å²) in [6.07, 6.45) is 0. The number of sulfonamides is 1. The number of amides is 2. The molecule has 0 heterocycles. The minimum absolute atomic E-state index is 0.189. The number of halogens is 1. The van der Waals surface area contributed by atoms with E-state index >= 15 is 0 Å². The largest absolute Gasteiger partial charge is 0.331 e. The quantitative estimate of drug-likeness (QED) is 0.815. The average Bonchev–Trinajstić information content (AvgIpc) is 2.15. The fourth-order valence-corrected chi connectivity index (χ4v) is 1.75. The van der Waals surface area contributed by atoms with Crippen LogP contribution in [0.1, 0.15) is 0 Å². The van der Waals surface area contributed by atoms with Crippen molar-refractivity contribution in [2.45, 2.75) is 4.90 Å². The molecule has 0 aliphatic rings. The molecule has 0 bridgehead atoms. The first-order valence-corrected chi connectivity index (χ1v) is 6.07. The monoisotopic (exact) mass is 261 g/mol. The van der Waals surface area contributed by atoms with Crippen LogP contribution in [0.4, 0.5) is 14.9 Å². The number of hydrogen-bond donors (Lipinski definition) is 2. The van der Waals surface area contributed by atoms with Gasteiger partial charge in [-0.3, -0.25) is 0 Å². The van der Waals surface area contributed by atoms with E-state index in [1.54, 1.807) is 0 Å². The van der Waals surface area contributed by atoms with Crippen LogP contribution in [-0.2, 0) is 10.0 Å². The Morgan fingerprint density at radius 3 is 2.47 bits per heavy atom. The lowest BCUT2D eigenvalue weighted by Crippen LogP contribution is -2.28. The normalized spacial score (nSPS) is 11.1. The van der Waals surface area contributed by atoms with Crippen molar-refractivity contribution in [3.63, 3.8) is 0 Å². The predicted molar refractivity (Wildman–Crippen MR) is 60.5 cm³/mol. The maximum absolute atomic E-state index is 13.0. The topological polar surface area (TPSA) is 92.5 Å². The van der Waals surface area contributed by atoms with Crippen molar-refractivity contribution < 1.29 is 17.6 Å². The Bertz CT molecular complexity index is 542. The third-order valence-corrected chi connectivity index (χ3v) is 2.86. The van der Waals surface area contributed by atoms with E-state index < -0.39 is 21.9 Å². The van der Waals surface area contributed by atoms with Crippen LogP contribution >= 0.6 is 0 Å². The maximum Gasteiger partial charge on any atom is 0.321 e. The van der Waals surface area contributed by atoms with Crippen molar-refractivity contribution in [1.29, 1.82) is 0 Å². The van der Waals surface area contributed by atoms with Gasteiger partial charge in [0.25, 0.3) is 0 Å². The predicted octanol–water partition coefficient (Wildman–Crippen LogP) is 0.567. The highest BCUT2D eigenvalue weighted by Gasteiger charge is 2.17. The van der Waals surface area contributed by atoms with E-state index in [2.05, 4.69) is 5.32 Å². The molecule has 0 aliphatic carbocycles. The molecular formula is C9H12FN3O3S. The first-order chi connectivity index (χ1) is 7.71. The lowest BCUT2D eigenvalue weighted by Gasteiger charge is -2.14. The van der Waals surface area contributed by atoms with Crippen LogP contribution < -0.4 is 10.5 Å². The highest BCUT2D eigenvalue weighted by Crippen LogP contribution is 2.21. The zero-order valence-electron chi connectivity index (χ0n) is 9.27. The summed E-state index contributed by atoms with van der Waals surface area (Å²) in [5.41, 5.74) is -0.189. The Balaban J connectivity index is 3.22. The standard InChI is InChI=1S/C9H12FN3O3S/c1-13(2)9(14)12-7-5-6(10)3-4-8(7)17(11,15)16/h3-5H,1-2H3,(H,12,14)(H2,11,15,16). The third kappa shape index (κ3) is 3.40. The number of urea groups is 1. The number of carbonyl (C=O) groups is 1. The van der Waals surface area contributed by atoms with E-state index in [0.29, 0.717) is 0 Å². The summed E-state index contributed by atoms with van der Waals surface area (Å²) in [7, 11) is -1.09. The minimum atomic E-state index is -4.02. The summed E-state index contributed by atoms with van der Waals surface area (Å²) in [5, 5.41) is 7.19. The number of primary sulfonamides is 1. The number of nitrogens with one attached hydrogen (secondary N) is 1. The van der Waals surface area contributed by atoms with Gasteiger partial charge in [-0.25, -0.2) is 22.7 Å². The molecule has 0 saturated heterocycles. The smallest absolute Gasteiger partial charge is 0.321 e. The molecule has 2 amide bonds. The lowest BCUT2D eigenvalue weighted by molar-refractivity contribution is 0.230. The van der Waals surface area contributed by atoms with E-state index in [1.165, 1.54) is 19.0 Å². The van der Waals surface area contributed by atoms with Gasteiger partial charge in [-0.2, -0.15) is 0 Å². The van der Waals surface area contributed by atoms with Gasteiger partial charge in [-0.05, 0) is 18.2 Å². The van der Waals surface area contributed by atoms with Crippen molar-refractivity contribution in [3.05, 3.63) is 24.0 Å². The van der Waals surface area contributed by atoms with Crippen LogP contribution in [0, 0.1) is 5.82 Å². The van der Waals surface area contributed by atoms with Gasteiger partial charge >= 0.3 is 6.03 Å². The molecule has 1 aromatic rings. The van der Waals surface area contributed by atoms with Gasteiger partial charge in [-0.1, -0.05) is 0 Å². The third-order valence-electron chi connectivity index (χ3n) is 1.90. The van der Waals surface area contributed by atoms with Crippen LogP contribution in [0.15, 0.2) is 23.1 Å². The molecule has 0 unspecified atom stereocenters. The minimum Gasteiger partial charge on any atom is -0.331 e. The number of anilines is 1. The van der Waals surface area contributed by atoms with Gasteiger partial charge in [-0.15, -0.1) is 0 Å². The molecule has 8 heteroatoms. The molecule has 1 aromatic carbocycles. The number of benzene rings is 1. The highest BCUT2D eigenvalue weighted by atomic mass is 32.2. The average molecular weight is 261 g/mol. The zero-order valence-corrected chi connectivity index (χ0v) is 10.1. The molecule has 0 fully saturated rings. The van der Waals surface area contributed by atoms with E-state index in [-0.39, 0.29) is 10.6 Å². The molecule has 0 atom stereocenters. The van der Waals surface area contributed by atoms with Crippen LogP contribution in [0.3, 0.4) is 0 Å². The second-order valence-electron chi connectivity index (χ2n) is 3.51. The van der Waals surface area contributed by atoms with Crippen molar-refractivity contribution in [2.24, 2.45) is 5.14 Å². The van der Waals surface area contributed by atoms with Gasteiger partial charge in [0.1, 0.15) is 10.7 Å². The molecule has 94 valence electrons. The van der Waals surface area contributed by atoms with Crippen molar-refractivity contribution >= 4 is 21.7 Å². The molecule has 0 aliphatic heterocycles. The van der Waals surface area contributed by atoms with Gasteiger partial charge < -0.3 is 10.2 Å². The second kappa shape index (κ2) is 4.68. The van der Waals surface area contributed by atoms with E-state index in [0.717, 1.165) is 18.2 Å². The number of hydrogen-bond acceptors (Lipinski definition) is 3. The van der Waals surface area contributed by atoms with E-state index in [9.17, 15) is 17.6 Å². The van der Waals surface area contributed by atoms with E-state index in [1.807, 2.05) is 0 Å². The van der Waals surface area contributed by atoms with Crippen molar-refractivity contribution in [2.75, 3.05) is 19.4 Å². The number of carbonyl (C=O) groups excluding carboxylic acids is 1. The molecule has 17 heavy (non-hydrogen) atoms. The Morgan fingerprint density at radius 2 is 2.00 bits per heavy atom. The van der Waals surface area contributed by atoms with Crippen LogP contribution in [-0.4, -0.2) is 33.4 Å². The van der Waals surface area contributed by atoms with Crippen LogP contribution in [0.5, 0.6) is 0 Å². The summed E-state index contributed by atoms with van der Waals surface area (Å²) in [4.78, 5) is 12.2. The molecule has 0 radical (unpaired) electrons. The number of nitrogens with zero attached hydrogens (tertiary/aromatic N) is 1. The summed E-state index contributed by atoms with van der Waals surface area (Å²) in [6, 6.07) is 2.25. The Hall–Kier alpha value is -1.67. The molecule has 0 aromatic heterocycles. The molecule has 0 spiro atoms. The summed E-state index contributed by atoms with van der Waals surface area (Å²) < 4.78 is 35.4. The highest BCUT2D eigenvalue weighted by molar-refractivity contribution is 7.89. The lowest BCUT2D eigenvalue weighted by atomic mass is 10.3. The fourth-order valence-electron chi connectivity index (χ4n) is 1.07. The van der Waals surface area contributed by atoms with Crippen LogP contribution in [0.25, 0.3) is 0 Å². The second-order valence-corrected chi connectivity index (χ2v) is 5.04. The first kappa shape index (κ1) is 13.4. The number of rotatable bonds is 2. The molecule has 3 N–H and O–H groups in total. The Labute approximate surface area is 98.3 Å². The first-order valence-electron chi connectivity index (χ1n) is 4.52. The molecular weight excluding hydrogens is 249 g/mol. The maximum atomic E-state index is 13.0. The summed E-state index contributed by atoms with van der Waals surface area (Å²) >= 11 is 0. The summed E-state index contributed by atoms with van der Waals surface area (Å²) in [6.45, 7) is 0. The zero-order chi connectivity index (χ0) is 13.2. The molecule has 0 saturated carbocycles. The van der Waals surface area contributed by atoms with Gasteiger partial charge in [0.2, 0.25) is 10.0 Å². The molecule has 1 rings (SSSR count). The fraction of sp³-hybridized carbons (Fsp3) is 0.222.